The molecule has 0 aliphatic carbocycles. The van der Waals surface area contributed by atoms with Gasteiger partial charge in [-0.25, -0.2) is 0 Å². The Balaban J connectivity index is 2.23. The third-order valence-corrected chi connectivity index (χ3v) is 5.03. The smallest absolute Gasteiger partial charge is 0.287 e. The second-order valence-corrected chi connectivity index (χ2v) is 6.56. The number of rotatable bonds is 4. The average molecular weight is 366 g/mol. The van der Waals surface area contributed by atoms with E-state index in [9.17, 15) is 4.79 Å². The molecule has 2 aromatic carbocycles. The molecule has 26 heavy (non-hydrogen) atoms. The quantitative estimate of drug-likeness (QED) is 0.665. The van der Waals surface area contributed by atoms with Crippen molar-refractivity contribution in [3.8, 4) is 23.8 Å². The van der Waals surface area contributed by atoms with Gasteiger partial charge in [-0.1, -0.05) is 35.5 Å². The zero-order valence-corrected chi connectivity index (χ0v) is 15.6. The number of hydrogen-bond donors (Lipinski definition) is 0. The molecule has 0 aliphatic rings. The number of aromatic nitrogens is 1. The fourth-order valence-electron chi connectivity index (χ4n) is 2.84. The highest BCUT2D eigenvalue weighted by Gasteiger charge is 2.18. The van der Waals surface area contributed by atoms with Gasteiger partial charge in [-0.3, -0.25) is 4.79 Å². The number of hydrogen-bond acceptors (Lipinski definition) is 4. The molecule has 0 N–H and O–H groups in total. The van der Waals surface area contributed by atoms with Gasteiger partial charge in [0.15, 0.2) is 4.80 Å². The topological polar surface area (TPSA) is 52.8 Å². The lowest BCUT2D eigenvalue weighted by Gasteiger charge is -2.09. The maximum Gasteiger partial charge on any atom is 0.287 e. The molecule has 6 heteroatoms. The summed E-state index contributed by atoms with van der Waals surface area (Å²) < 4.78 is 13.5. The number of carbonyl (C=O) groups is 1. The number of ether oxygens (including phenoxy) is 2. The van der Waals surface area contributed by atoms with Crippen molar-refractivity contribution < 1.29 is 14.3 Å². The molecule has 1 aromatic heterocycles. The van der Waals surface area contributed by atoms with Gasteiger partial charge in [0, 0.05) is 0 Å². The molecule has 0 fully saturated rings. The number of methoxy groups -OCH3 is 2. The van der Waals surface area contributed by atoms with Gasteiger partial charge >= 0.3 is 0 Å². The van der Waals surface area contributed by atoms with E-state index in [1.807, 2.05) is 29.7 Å². The first-order valence-corrected chi connectivity index (χ1v) is 8.74. The third kappa shape index (κ3) is 3.09. The number of carbonyl (C=O) groups excluding carboxylic acids is 1. The Bertz CT molecular complexity index is 1060. The van der Waals surface area contributed by atoms with E-state index in [0.29, 0.717) is 28.4 Å². The molecule has 132 valence electrons. The molecule has 0 saturated carbocycles. The van der Waals surface area contributed by atoms with Gasteiger partial charge in [-0.2, -0.15) is 4.99 Å². The average Bonchev–Trinajstić information content (AvgIpc) is 2.99. The van der Waals surface area contributed by atoms with Crippen molar-refractivity contribution in [1.29, 1.82) is 0 Å². The Hall–Kier alpha value is -3.04. The van der Waals surface area contributed by atoms with Gasteiger partial charge in [0.1, 0.15) is 17.1 Å². The summed E-state index contributed by atoms with van der Waals surface area (Å²) in [6.45, 7) is 2.34. The number of amides is 1. The lowest BCUT2D eigenvalue weighted by molar-refractivity contribution is 0.0992. The van der Waals surface area contributed by atoms with Crippen LogP contribution in [0.5, 0.6) is 11.5 Å². The highest BCUT2D eigenvalue weighted by Crippen LogP contribution is 2.29. The Morgan fingerprint density at radius 2 is 1.85 bits per heavy atom. The number of fused-ring (bicyclic) bond motifs is 1. The van der Waals surface area contributed by atoms with Crippen molar-refractivity contribution in [2.45, 2.75) is 13.5 Å². The van der Waals surface area contributed by atoms with Gasteiger partial charge in [0.05, 0.1) is 31.0 Å². The van der Waals surface area contributed by atoms with Crippen LogP contribution in [0, 0.1) is 19.3 Å². The van der Waals surface area contributed by atoms with Crippen LogP contribution in [0.1, 0.15) is 15.9 Å². The van der Waals surface area contributed by atoms with Gasteiger partial charge in [0.25, 0.3) is 5.91 Å². The molecule has 0 unspecified atom stereocenters. The summed E-state index contributed by atoms with van der Waals surface area (Å²) >= 11 is 1.43. The molecule has 3 aromatic rings. The Morgan fingerprint density at radius 1 is 1.19 bits per heavy atom. The number of benzene rings is 2. The molecule has 0 atom stereocenters. The second-order valence-electron chi connectivity index (χ2n) is 5.55. The van der Waals surface area contributed by atoms with E-state index >= 15 is 0 Å². The first kappa shape index (κ1) is 17.8. The van der Waals surface area contributed by atoms with Gasteiger partial charge in [-0.05, 0) is 30.7 Å². The third-order valence-electron chi connectivity index (χ3n) is 3.99. The first-order valence-electron chi connectivity index (χ1n) is 7.93. The summed E-state index contributed by atoms with van der Waals surface area (Å²) in [5.41, 5.74) is 2.37. The normalized spacial score (nSPS) is 11.4. The summed E-state index contributed by atoms with van der Waals surface area (Å²) in [6.07, 6.45) is 5.53. The number of nitrogens with zero attached hydrogens (tertiary/aromatic N) is 2. The van der Waals surface area contributed by atoms with Crippen LogP contribution in [-0.2, 0) is 6.54 Å². The molecule has 0 saturated heterocycles. The van der Waals surface area contributed by atoms with Crippen molar-refractivity contribution >= 4 is 27.5 Å². The Morgan fingerprint density at radius 3 is 2.46 bits per heavy atom. The van der Waals surface area contributed by atoms with Crippen LogP contribution in [0.25, 0.3) is 10.2 Å². The van der Waals surface area contributed by atoms with Gasteiger partial charge < -0.3 is 14.0 Å². The molecule has 0 spiro atoms. The first-order chi connectivity index (χ1) is 12.6. The van der Waals surface area contributed by atoms with Crippen molar-refractivity contribution in [3.63, 3.8) is 0 Å². The van der Waals surface area contributed by atoms with Crippen LogP contribution >= 0.6 is 11.3 Å². The SMILES string of the molecule is C#CCn1c(=NC(=O)c2c(OC)cccc2OC)sc2cccc(C)c21. The number of aryl methyl sites for hydroxylation is 1. The van der Waals surface area contributed by atoms with E-state index < -0.39 is 5.91 Å². The maximum atomic E-state index is 12.9. The molecule has 0 aliphatic heterocycles. The summed E-state index contributed by atoms with van der Waals surface area (Å²) in [4.78, 5) is 17.8. The predicted molar refractivity (Wildman–Crippen MR) is 103 cm³/mol. The molecular weight excluding hydrogens is 348 g/mol. The van der Waals surface area contributed by atoms with Gasteiger partial charge in [0.2, 0.25) is 0 Å². The van der Waals surface area contributed by atoms with Crippen LogP contribution in [0.2, 0.25) is 0 Å². The fraction of sp³-hybridized carbons (Fsp3) is 0.200. The minimum absolute atomic E-state index is 0.291. The largest absolute Gasteiger partial charge is 0.496 e. The minimum atomic E-state index is -0.436. The van der Waals surface area contributed by atoms with Crippen molar-refractivity contribution in [1.82, 2.24) is 4.57 Å². The van der Waals surface area contributed by atoms with E-state index in [1.54, 1.807) is 18.2 Å². The monoisotopic (exact) mass is 366 g/mol. The summed E-state index contributed by atoms with van der Waals surface area (Å²) in [7, 11) is 3.01. The predicted octanol–water partition coefficient (Wildman–Crippen LogP) is 3.40. The molecule has 0 bridgehead atoms. The van der Waals surface area contributed by atoms with E-state index in [1.165, 1.54) is 25.6 Å². The zero-order chi connectivity index (χ0) is 18.7. The van der Waals surface area contributed by atoms with Crippen LogP contribution in [-0.4, -0.2) is 24.7 Å². The van der Waals surface area contributed by atoms with Crippen molar-refractivity contribution in [2.24, 2.45) is 4.99 Å². The van der Waals surface area contributed by atoms with Crippen molar-refractivity contribution in [3.05, 3.63) is 52.3 Å². The summed E-state index contributed by atoms with van der Waals surface area (Å²) in [5.74, 6) is 3.03. The summed E-state index contributed by atoms with van der Waals surface area (Å²) in [6, 6.07) is 11.1. The number of para-hydroxylation sites is 1. The highest BCUT2D eigenvalue weighted by atomic mass is 32.1. The van der Waals surface area contributed by atoms with Crippen LogP contribution < -0.4 is 14.3 Å². The van der Waals surface area contributed by atoms with Gasteiger partial charge in [-0.15, -0.1) is 6.42 Å². The molecule has 1 amide bonds. The standard InChI is InChI=1S/C20H18N2O3S/c1-5-12-22-18-13(2)8-6-11-16(18)26-20(22)21-19(23)17-14(24-3)9-7-10-15(17)25-4/h1,6-11H,12H2,2-4H3. The lowest BCUT2D eigenvalue weighted by atomic mass is 10.1. The second kappa shape index (κ2) is 7.46. The summed E-state index contributed by atoms with van der Waals surface area (Å²) in [5, 5.41) is 0. The number of terminal acetylenes is 1. The minimum Gasteiger partial charge on any atom is -0.496 e. The Kier molecular flexibility index (Phi) is 5.10. The van der Waals surface area contributed by atoms with Crippen LogP contribution in [0.3, 0.4) is 0 Å². The van der Waals surface area contributed by atoms with E-state index in [-0.39, 0.29) is 0 Å². The van der Waals surface area contributed by atoms with E-state index in [4.69, 9.17) is 15.9 Å². The number of thiazole rings is 1. The fourth-order valence-corrected chi connectivity index (χ4v) is 3.94. The molecule has 0 radical (unpaired) electrons. The lowest BCUT2D eigenvalue weighted by Crippen LogP contribution is -2.17. The van der Waals surface area contributed by atoms with Crippen LogP contribution in [0.15, 0.2) is 41.4 Å². The van der Waals surface area contributed by atoms with Crippen molar-refractivity contribution in [2.75, 3.05) is 14.2 Å². The van der Waals surface area contributed by atoms with E-state index in [0.717, 1.165) is 15.8 Å². The zero-order valence-electron chi connectivity index (χ0n) is 14.8. The molecule has 5 nitrogen and oxygen atoms in total. The highest BCUT2D eigenvalue weighted by molar-refractivity contribution is 7.16. The molecule has 3 rings (SSSR count). The van der Waals surface area contributed by atoms with Crippen LogP contribution in [0.4, 0.5) is 0 Å². The molecular formula is C20H18N2O3S. The Labute approximate surface area is 155 Å². The molecule has 1 heterocycles. The maximum absolute atomic E-state index is 12.9. The van der Waals surface area contributed by atoms with E-state index in [2.05, 4.69) is 10.9 Å².